The number of nitrogens with zero attached hydrogens (tertiary/aromatic N) is 3. The minimum absolute atomic E-state index is 0.0478. The van der Waals surface area contributed by atoms with E-state index in [4.69, 9.17) is 0 Å². The molecule has 6 heteroatoms. The molecule has 1 atom stereocenters. The quantitative estimate of drug-likeness (QED) is 0.851. The van der Waals surface area contributed by atoms with Gasteiger partial charge < -0.3 is 15.1 Å². The molecule has 0 bridgehead atoms. The predicted molar refractivity (Wildman–Crippen MR) is 121 cm³/mol. The Labute approximate surface area is 178 Å². The van der Waals surface area contributed by atoms with Crippen molar-refractivity contribution in [2.24, 2.45) is 0 Å². The largest absolute Gasteiger partial charge is 0.369 e. The molecule has 6 nitrogen and oxygen atoms in total. The third-order valence-corrected chi connectivity index (χ3v) is 6.28. The highest BCUT2D eigenvalue weighted by molar-refractivity contribution is 6.04. The second-order valence-corrected chi connectivity index (χ2v) is 8.36. The van der Waals surface area contributed by atoms with Crippen LogP contribution in [0.5, 0.6) is 0 Å². The fraction of sp³-hybridized carbons (Fsp3) is 0.417. The molecule has 1 saturated heterocycles. The van der Waals surface area contributed by atoms with E-state index < -0.39 is 0 Å². The van der Waals surface area contributed by atoms with Gasteiger partial charge in [0, 0.05) is 44.3 Å². The summed E-state index contributed by atoms with van der Waals surface area (Å²) in [6.07, 6.45) is 0.306. The zero-order valence-corrected chi connectivity index (χ0v) is 18.0. The van der Waals surface area contributed by atoms with Gasteiger partial charge in [-0.15, -0.1) is 0 Å². The molecular formula is C24H30N4O2. The minimum Gasteiger partial charge on any atom is -0.369 e. The number of aryl methyl sites for hydroxylation is 1. The highest BCUT2D eigenvalue weighted by Crippen LogP contribution is 2.31. The second-order valence-electron chi connectivity index (χ2n) is 8.36. The van der Waals surface area contributed by atoms with E-state index in [1.54, 1.807) is 4.90 Å². The monoisotopic (exact) mass is 406 g/mol. The Kier molecular flexibility index (Phi) is 5.77. The molecular weight excluding hydrogens is 376 g/mol. The predicted octanol–water partition coefficient (Wildman–Crippen LogP) is 3.19. The number of nitrogens with one attached hydrogen (secondary N) is 1. The van der Waals surface area contributed by atoms with E-state index in [9.17, 15) is 9.59 Å². The lowest BCUT2D eigenvalue weighted by Crippen LogP contribution is -2.51. The zero-order valence-electron chi connectivity index (χ0n) is 18.0. The van der Waals surface area contributed by atoms with Gasteiger partial charge in [-0.3, -0.25) is 14.5 Å². The van der Waals surface area contributed by atoms with E-state index in [-0.39, 0.29) is 17.9 Å². The molecule has 0 saturated carbocycles. The van der Waals surface area contributed by atoms with Crippen LogP contribution in [0, 0.1) is 13.8 Å². The Morgan fingerprint density at radius 2 is 1.70 bits per heavy atom. The molecule has 2 aliphatic rings. The maximum Gasteiger partial charge on any atom is 0.241 e. The fourth-order valence-corrected chi connectivity index (χ4v) is 4.46. The lowest BCUT2D eigenvalue weighted by atomic mass is 10.1. The van der Waals surface area contributed by atoms with Crippen LogP contribution in [-0.2, 0) is 9.59 Å². The SMILES string of the molecule is Cc1cccc(N2CCN(CC(=O)N3c4ccccc4NC(=O)CC3C)CC2)c1C. The van der Waals surface area contributed by atoms with Crippen LogP contribution < -0.4 is 15.1 Å². The van der Waals surface area contributed by atoms with Crippen molar-refractivity contribution in [1.82, 2.24) is 4.90 Å². The van der Waals surface area contributed by atoms with Gasteiger partial charge in [0.15, 0.2) is 0 Å². The van der Waals surface area contributed by atoms with Gasteiger partial charge in [-0.2, -0.15) is 0 Å². The van der Waals surface area contributed by atoms with Gasteiger partial charge in [0.1, 0.15) is 0 Å². The molecule has 2 amide bonds. The van der Waals surface area contributed by atoms with E-state index >= 15 is 0 Å². The molecule has 2 aliphatic heterocycles. The van der Waals surface area contributed by atoms with E-state index in [2.05, 4.69) is 47.2 Å². The number of para-hydroxylation sites is 2. The number of amides is 2. The Morgan fingerprint density at radius 3 is 2.47 bits per heavy atom. The number of piperazine rings is 1. The normalized spacial score (nSPS) is 19.8. The fourth-order valence-electron chi connectivity index (χ4n) is 4.46. The van der Waals surface area contributed by atoms with Crippen LogP contribution in [0.4, 0.5) is 17.1 Å². The van der Waals surface area contributed by atoms with Gasteiger partial charge in [0.05, 0.1) is 17.9 Å². The van der Waals surface area contributed by atoms with Crippen LogP contribution in [-0.4, -0.2) is 55.5 Å². The summed E-state index contributed by atoms with van der Waals surface area (Å²) in [6, 6.07) is 13.8. The van der Waals surface area contributed by atoms with E-state index in [1.165, 1.54) is 16.8 Å². The molecule has 2 heterocycles. The summed E-state index contributed by atoms with van der Waals surface area (Å²) in [5.41, 5.74) is 5.42. The molecule has 1 N–H and O–H groups in total. The Morgan fingerprint density at radius 1 is 1.00 bits per heavy atom. The van der Waals surface area contributed by atoms with Crippen molar-refractivity contribution >= 4 is 28.9 Å². The summed E-state index contributed by atoms with van der Waals surface area (Å²) < 4.78 is 0. The number of benzene rings is 2. The summed E-state index contributed by atoms with van der Waals surface area (Å²) in [7, 11) is 0. The summed E-state index contributed by atoms with van der Waals surface area (Å²) in [6.45, 7) is 10.1. The van der Waals surface area contributed by atoms with Crippen molar-refractivity contribution < 1.29 is 9.59 Å². The summed E-state index contributed by atoms with van der Waals surface area (Å²) in [4.78, 5) is 31.9. The van der Waals surface area contributed by atoms with Crippen LogP contribution >= 0.6 is 0 Å². The smallest absolute Gasteiger partial charge is 0.241 e. The standard InChI is InChI=1S/C24H30N4O2/c1-17-7-6-10-21(19(17)3)27-13-11-26(12-14-27)16-24(30)28-18(2)15-23(29)25-20-8-4-5-9-22(20)28/h4-10,18H,11-16H2,1-3H3,(H,25,29). The Bertz CT molecular complexity index is 950. The molecule has 30 heavy (non-hydrogen) atoms. The van der Waals surface area contributed by atoms with Crippen LogP contribution in [0.3, 0.4) is 0 Å². The number of fused-ring (bicyclic) bond motifs is 1. The van der Waals surface area contributed by atoms with Gasteiger partial charge in [0.25, 0.3) is 0 Å². The van der Waals surface area contributed by atoms with Gasteiger partial charge in [0.2, 0.25) is 11.8 Å². The average Bonchev–Trinajstić information content (AvgIpc) is 2.85. The van der Waals surface area contributed by atoms with E-state index in [1.807, 2.05) is 31.2 Å². The van der Waals surface area contributed by atoms with Crippen LogP contribution in [0.25, 0.3) is 0 Å². The summed E-state index contributed by atoms with van der Waals surface area (Å²) >= 11 is 0. The highest BCUT2D eigenvalue weighted by Gasteiger charge is 2.31. The second kappa shape index (κ2) is 8.48. The van der Waals surface area contributed by atoms with Gasteiger partial charge in [-0.25, -0.2) is 0 Å². The van der Waals surface area contributed by atoms with E-state index in [0.717, 1.165) is 31.9 Å². The summed E-state index contributed by atoms with van der Waals surface area (Å²) in [5, 5.41) is 2.92. The van der Waals surface area contributed by atoms with Crippen molar-refractivity contribution in [1.29, 1.82) is 0 Å². The number of hydrogen-bond donors (Lipinski definition) is 1. The third-order valence-electron chi connectivity index (χ3n) is 6.28. The van der Waals surface area contributed by atoms with Crippen molar-refractivity contribution in [2.75, 3.05) is 47.8 Å². The van der Waals surface area contributed by atoms with Crippen LogP contribution in [0.15, 0.2) is 42.5 Å². The first-order valence-corrected chi connectivity index (χ1v) is 10.7. The molecule has 0 spiro atoms. The number of rotatable bonds is 3. The maximum atomic E-state index is 13.3. The van der Waals surface area contributed by atoms with E-state index in [0.29, 0.717) is 18.7 Å². The first kappa shape index (κ1) is 20.4. The number of carbonyl (C=O) groups excluding carboxylic acids is 2. The lowest BCUT2D eigenvalue weighted by molar-refractivity contribution is -0.120. The molecule has 4 rings (SSSR count). The first-order chi connectivity index (χ1) is 14.4. The minimum atomic E-state index is -0.169. The van der Waals surface area contributed by atoms with Crippen LogP contribution in [0.1, 0.15) is 24.5 Å². The topological polar surface area (TPSA) is 55.9 Å². The molecule has 0 radical (unpaired) electrons. The number of anilines is 3. The summed E-state index contributed by atoms with van der Waals surface area (Å²) in [5.74, 6) is -0.000903. The lowest BCUT2D eigenvalue weighted by Gasteiger charge is -2.38. The highest BCUT2D eigenvalue weighted by atomic mass is 16.2. The average molecular weight is 407 g/mol. The van der Waals surface area contributed by atoms with Crippen molar-refractivity contribution in [3.05, 3.63) is 53.6 Å². The molecule has 1 unspecified atom stereocenters. The maximum absolute atomic E-state index is 13.3. The Balaban J connectivity index is 1.44. The molecule has 0 aliphatic carbocycles. The van der Waals surface area contributed by atoms with Gasteiger partial charge in [-0.05, 0) is 50.1 Å². The van der Waals surface area contributed by atoms with Crippen molar-refractivity contribution in [3.8, 4) is 0 Å². The van der Waals surface area contributed by atoms with Crippen LogP contribution in [0.2, 0.25) is 0 Å². The Hall–Kier alpha value is -2.86. The van der Waals surface area contributed by atoms with Gasteiger partial charge in [-0.1, -0.05) is 24.3 Å². The molecule has 158 valence electrons. The molecule has 1 fully saturated rings. The third kappa shape index (κ3) is 4.05. The molecule has 0 aromatic heterocycles. The van der Waals surface area contributed by atoms with Gasteiger partial charge >= 0.3 is 0 Å². The first-order valence-electron chi connectivity index (χ1n) is 10.7. The van der Waals surface area contributed by atoms with Crippen molar-refractivity contribution in [3.63, 3.8) is 0 Å². The van der Waals surface area contributed by atoms with Crippen molar-refractivity contribution in [2.45, 2.75) is 33.2 Å². The zero-order chi connectivity index (χ0) is 21.3. The number of carbonyl (C=O) groups is 2. The number of hydrogen-bond acceptors (Lipinski definition) is 4. The molecule has 2 aromatic carbocycles. The molecule has 2 aromatic rings.